The van der Waals surface area contributed by atoms with E-state index in [9.17, 15) is 18.0 Å². The Hall–Kier alpha value is -3.27. The lowest BCUT2D eigenvalue weighted by Crippen LogP contribution is -2.51. The van der Waals surface area contributed by atoms with Gasteiger partial charge in [0.25, 0.3) is 10.0 Å². The molecule has 214 valence electrons. The van der Waals surface area contributed by atoms with Gasteiger partial charge in [0.15, 0.2) is 0 Å². The molecule has 0 heterocycles. The van der Waals surface area contributed by atoms with E-state index in [0.29, 0.717) is 22.9 Å². The predicted octanol–water partition coefficient (Wildman–Crippen LogP) is 5.53. The van der Waals surface area contributed by atoms with Gasteiger partial charge >= 0.3 is 0 Å². The first-order valence-corrected chi connectivity index (χ1v) is 15.0. The van der Waals surface area contributed by atoms with Gasteiger partial charge in [-0.25, -0.2) is 8.42 Å². The number of benzene rings is 3. The maximum Gasteiger partial charge on any atom is 0.264 e. The van der Waals surface area contributed by atoms with Crippen molar-refractivity contribution in [1.29, 1.82) is 0 Å². The zero-order chi connectivity index (χ0) is 29.3. The fourth-order valence-electron chi connectivity index (χ4n) is 4.01. The van der Waals surface area contributed by atoms with Gasteiger partial charge in [-0.1, -0.05) is 66.9 Å². The van der Waals surface area contributed by atoms with E-state index in [0.717, 1.165) is 17.1 Å². The number of methoxy groups -OCH3 is 1. The first-order chi connectivity index (χ1) is 19.1. The Morgan fingerprint density at radius 1 is 1.00 bits per heavy atom. The summed E-state index contributed by atoms with van der Waals surface area (Å²) in [5.41, 5.74) is 0.866. The summed E-state index contributed by atoms with van der Waals surface area (Å²) in [6.45, 7) is 3.57. The molecular weight excluding hydrogens is 573 g/mol. The molecule has 40 heavy (non-hydrogen) atoms. The molecule has 1 N–H and O–H groups in total. The summed E-state index contributed by atoms with van der Waals surface area (Å²) in [6, 6.07) is 18.3. The van der Waals surface area contributed by atoms with E-state index in [1.807, 2.05) is 6.92 Å². The normalized spacial score (nSPS) is 11.9. The smallest absolute Gasteiger partial charge is 0.264 e. The Bertz CT molecular complexity index is 1420. The lowest BCUT2D eigenvalue weighted by atomic mass is 10.1. The third kappa shape index (κ3) is 7.90. The van der Waals surface area contributed by atoms with Gasteiger partial charge in [-0.2, -0.15) is 0 Å². The van der Waals surface area contributed by atoms with E-state index in [1.165, 1.54) is 42.3 Å². The van der Waals surface area contributed by atoms with Gasteiger partial charge in [-0.3, -0.25) is 13.9 Å². The van der Waals surface area contributed by atoms with Crippen molar-refractivity contribution in [2.45, 2.75) is 44.2 Å². The number of nitrogens with zero attached hydrogens (tertiary/aromatic N) is 2. The first kappa shape index (κ1) is 31.3. The van der Waals surface area contributed by atoms with Crippen molar-refractivity contribution < 1.29 is 22.7 Å². The zero-order valence-corrected chi connectivity index (χ0v) is 25.0. The van der Waals surface area contributed by atoms with Crippen molar-refractivity contribution in [2.75, 3.05) is 24.5 Å². The molecule has 8 nitrogen and oxygen atoms in total. The maximum absolute atomic E-state index is 13.9. The van der Waals surface area contributed by atoms with Crippen LogP contribution in [0.1, 0.15) is 32.3 Å². The molecule has 0 bridgehead atoms. The second-order valence-corrected chi connectivity index (χ2v) is 11.8. The van der Waals surface area contributed by atoms with Gasteiger partial charge < -0.3 is 15.0 Å². The second-order valence-electron chi connectivity index (χ2n) is 9.12. The number of hydrogen-bond donors (Lipinski definition) is 1. The van der Waals surface area contributed by atoms with Gasteiger partial charge in [0.1, 0.15) is 18.3 Å². The van der Waals surface area contributed by atoms with Gasteiger partial charge in [0.05, 0.1) is 22.7 Å². The van der Waals surface area contributed by atoms with Crippen molar-refractivity contribution in [2.24, 2.45) is 0 Å². The molecule has 11 heteroatoms. The van der Waals surface area contributed by atoms with Gasteiger partial charge in [-0.15, -0.1) is 0 Å². The van der Waals surface area contributed by atoms with Crippen molar-refractivity contribution in [3.8, 4) is 5.75 Å². The third-order valence-corrected chi connectivity index (χ3v) is 8.59. The molecule has 3 aromatic rings. The summed E-state index contributed by atoms with van der Waals surface area (Å²) in [6.07, 6.45) is 1.69. The van der Waals surface area contributed by atoms with E-state index in [4.69, 9.17) is 27.9 Å². The van der Waals surface area contributed by atoms with Crippen LogP contribution in [0.4, 0.5) is 5.69 Å². The molecule has 0 saturated carbocycles. The van der Waals surface area contributed by atoms with Crippen LogP contribution in [0.25, 0.3) is 0 Å². The number of hydrogen-bond acceptors (Lipinski definition) is 5. The van der Waals surface area contributed by atoms with Crippen LogP contribution in [0.15, 0.2) is 77.7 Å². The molecule has 0 spiro atoms. The first-order valence-electron chi connectivity index (χ1n) is 12.8. The highest BCUT2D eigenvalue weighted by Gasteiger charge is 2.32. The van der Waals surface area contributed by atoms with Gasteiger partial charge in [0, 0.05) is 18.1 Å². The zero-order valence-electron chi connectivity index (χ0n) is 22.6. The molecule has 2 amide bonds. The summed E-state index contributed by atoms with van der Waals surface area (Å²) in [4.78, 5) is 28.3. The third-order valence-electron chi connectivity index (χ3n) is 6.27. The molecule has 0 aliphatic heterocycles. The van der Waals surface area contributed by atoms with Crippen LogP contribution >= 0.6 is 23.2 Å². The summed E-state index contributed by atoms with van der Waals surface area (Å²) < 4.78 is 33.8. The van der Waals surface area contributed by atoms with Crippen molar-refractivity contribution in [3.63, 3.8) is 0 Å². The van der Waals surface area contributed by atoms with Crippen LogP contribution in [-0.2, 0) is 26.2 Å². The largest absolute Gasteiger partial charge is 0.495 e. The van der Waals surface area contributed by atoms with Crippen LogP contribution < -0.4 is 14.4 Å². The minimum Gasteiger partial charge on any atom is -0.495 e. The number of unbranched alkanes of at least 4 members (excludes halogenated alkanes) is 1. The standard InChI is InChI=1S/C29H33Cl2N3O5S/c1-4-5-16-32-29(36)21(2)33(19-22-10-9-11-23(30)17-22)28(35)20-34(24-14-15-27(39-3)26(31)18-24)40(37,38)25-12-7-6-8-13-25/h6-15,17-18,21H,4-5,16,19-20H2,1-3H3,(H,32,36)/t21-/m0/s1. The second kappa shape index (κ2) is 14.4. The number of sulfonamides is 1. The number of nitrogens with one attached hydrogen (secondary N) is 1. The molecule has 0 unspecified atom stereocenters. The van der Waals surface area contributed by atoms with Gasteiger partial charge in [-0.05, 0) is 61.4 Å². The molecular formula is C29H33Cl2N3O5S. The lowest BCUT2D eigenvalue weighted by molar-refractivity contribution is -0.139. The van der Waals surface area contributed by atoms with Crippen molar-refractivity contribution >= 4 is 50.7 Å². The van der Waals surface area contributed by atoms with Crippen LogP contribution in [0, 0.1) is 0 Å². The fraction of sp³-hybridized carbons (Fsp3) is 0.310. The fourth-order valence-corrected chi connectivity index (χ4v) is 5.90. The number of carbonyl (C=O) groups is 2. The summed E-state index contributed by atoms with van der Waals surface area (Å²) >= 11 is 12.5. The Kier molecular flexibility index (Phi) is 11.2. The van der Waals surface area contributed by atoms with Crippen LogP contribution in [-0.4, -0.2) is 51.4 Å². The minimum absolute atomic E-state index is 0.00138. The SMILES string of the molecule is CCCCNC(=O)[C@H](C)N(Cc1cccc(Cl)c1)C(=O)CN(c1ccc(OC)c(Cl)c1)S(=O)(=O)c1ccccc1. The lowest BCUT2D eigenvalue weighted by Gasteiger charge is -2.32. The summed E-state index contributed by atoms with van der Waals surface area (Å²) in [7, 11) is -2.75. The highest BCUT2D eigenvalue weighted by Crippen LogP contribution is 2.32. The van der Waals surface area contributed by atoms with Crippen molar-refractivity contribution in [3.05, 3.63) is 88.4 Å². The summed E-state index contributed by atoms with van der Waals surface area (Å²) in [5.74, 6) is -0.563. The van der Waals surface area contributed by atoms with E-state index >= 15 is 0 Å². The topological polar surface area (TPSA) is 96.0 Å². The molecule has 0 saturated heterocycles. The van der Waals surface area contributed by atoms with Gasteiger partial charge in [0.2, 0.25) is 11.8 Å². The highest BCUT2D eigenvalue weighted by atomic mass is 35.5. The Labute approximate surface area is 245 Å². The Morgan fingerprint density at radius 3 is 2.35 bits per heavy atom. The highest BCUT2D eigenvalue weighted by molar-refractivity contribution is 7.92. The van der Waals surface area contributed by atoms with E-state index in [-0.39, 0.29) is 28.1 Å². The quantitative estimate of drug-likeness (QED) is 0.258. The number of carbonyl (C=O) groups excluding carboxylic acids is 2. The minimum atomic E-state index is -4.20. The Balaban J connectivity index is 2.02. The maximum atomic E-state index is 13.9. The van der Waals surface area contributed by atoms with Crippen LogP contribution in [0.2, 0.25) is 10.0 Å². The number of anilines is 1. The number of rotatable bonds is 13. The van der Waals surface area contributed by atoms with Crippen LogP contribution in [0.5, 0.6) is 5.75 Å². The molecule has 0 aromatic heterocycles. The van der Waals surface area contributed by atoms with Crippen LogP contribution in [0.3, 0.4) is 0 Å². The number of amides is 2. The molecule has 0 aliphatic carbocycles. The summed E-state index contributed by atoms with van der Waals surface area (Å²) in [5, 5.41) is 3.51. The molecule has 0 aliphatic rings. The molecule has 0 fully saturated rings. The average Bonchev–Trinajstić information content (AvgIpc) is 2.94. The number of halogens is 2. The van der Waals surface area contributed by atoms with E-state index in [2.05, 4.69) is 5.32 Å². The van der Waals surface area contributed by atoms with E-state index in [1.54, 1.807) is 49.4 Å². The molecule has 0 radical (unpaired) electrons. The molecule has 3 aromatic carbocycles. The molecule has 1 atom stereocenters. The predicted molar refractivity (Wildman–Crippen MR) is 158 cm³/mol. The average molecular weight is 607 g/mol. The van der Waals surface area contributed by atoms with E-state index < -0.39 is 28.5 Å². The van der Waals surface area contributed by atoms with Crippen molar-refractivity contribution in [1.82, 2.24) is 10.2 Å². The number of ether oxygens (including phenoxy) is 1. The molecule has 3 rings (SSSR count). The monoisotopic (exact) mass is 605 g/mol. The Morgan fingerprint density at radius 2 is 1.73 bits per heavy atom.